The van der Waals surface area contributed by atoms with Gasteiger partial charge < -0.3 is 0 Å². The summed E-state index contributed by atoms with van der Waals surface area (Å²) < 4.78 is 68.2. The highest BCUT2D eigenvalue weighted by Gasteiger charge is 2.41. The van der Waals surface area contributed by atoms with Crippen LogP contribution in [0.5, 0.6) is 0 Å². The summed E-state index contributed by atoms with van der Waals surface area (Å²) in [4.78, 5) is 0. The van der Waals surface area contributed by atoms with Crippen molar-refractivity contribution in [2.45, 2.75) is 70.6 Å². The Morgan fingerprint density at radius 1 is 0.958 bits per heavy atom. The Hall–Kier alpha value is -1.13. The van der Waals surface area contributed by atoms with Crippen molar-refractivity contribution >= 4 is 0 Å². The number of hydrogen-bond acceptors (Lipinski definition) is 0. The molecule has 1 aromatic rings. The molecule has 0 saturated heterocycles. The molecule has 0 unspecified atom stereocenters. The quantitative estimate of drug-likeness (QED) is 0.293. The third-order valence-electron chi connectivity index (χ3n) is 5.14. The number of alkyl halides is 2. The monoisotopic (exact) mass is 348 g/mol. The fraction of sp³-hybridized carbons (Fsp3) is 0.684. The van der Waals surface area contributed by atoms with E-state index in [0.29, 0.717) is 30.9 Å². The molecule has 1 saturated carbocycles. The van der Waals surface area contributed by atoms with Gasteiger partial charge in [0, 0.05) is 12.3 Å². The maximum Gasteiger partial charge on any atom is 0.254 e. The van der Waals surface area contributed by atoms with Crippen LogP contribution in [0.3, 0.4) is 0 Å². The number of halogens is 5. The van der Waals surface area contributed by atoms with E-state index in [9.17, 15) is 22.0 Å². The smallest absolute Gasteiger partial charge is 0.206 e. The van der Waals surface area contributed by atoms with Crippen LogP contribution in [0.4, 0.5) is 22.0 Å². The van der Waals surface area contributed by atoms with Crippen molar-refractivity contribution in [2.75, 3.05) is 0 Å². The summed E-state index contributed by atoms with van der Waals surface area (Å²) in [6.07, 6.45) is 6.29. The van der Waals surface area contributed by atoms with Gasteiger partial charge >= 0.3 is 0 Å². The molecule has 2 rings (SSSR count). The van der Waals surface area contributed by atoms with Gasteiger partial charge in [-0.1, -0.05) is 32.6 Å². The molecule has 136 valence electrons. The van der Waals surface area contributed by atoms with E-state index in [1.807, 2.05) is 0 Å². The topological polar surface area (TPSA) is 0 Å². The molecule has 0 radical (unpaired) electrons. The molecule has 24 heavy (non-hydrogen) atoms. The average molecular weight is 348 g/mol. The molecule has 0 spiro atoms. The predicted octanol–water partition coefficient (Wildman–Crippen LogP) is 6.67. The Kier molecular flexibility index (Phi) is 6.64. The van der Waals surface area contributed by atoms with Crippen LogP contribution in [-0.4, -0.2) is 5.92 Å². The van der Waals surface area contributed by atoms with Gasteiger partial charge in [0.15, 0.2) is 17.5 Å². The second-order valence-corrected chi connectivity index (χ2v) is 7.02. The molecule has 0 amide bonds. The van der Waals surface area contributed by atoms with Gasteiger partial charge in [-0.2, -0.15) is 0 Å². The molecule has 1 fully saturated rings. The summed E-state index contributed by atoms with van der Waals surface area (Å²) in [7, 11) is 0. The molecule has 0 atom stereocenters. The van der Waals surface area contributed by atoms with Gasteiger partial charge in [-0.25, -0.2) is 22.0 Å². The molecule has 5 heteroatoms. The average Bonchev–Trinajstić information content (AvgIpc) is 2.53. The normalized spacial score (nSPS) is 21.9. The number of benzene rings is 1. The number of rotatable bonds is 7. The highest BCUT2D eigenvalue weighted by atomic mass is 19.3. The molecular formula is C19H25F5. The van der Waals surface area contributed by atoms with Crippen LogP contribution >= 0.6 is 0 Å². The third kappa shape index (κ3) is 4.93. The summed E-state index contributed by atoms with van der Waals surface area (Å²) in [5.41, 5.74) is -0.193. The molecular weight excluding hydrogens is 323 g/mol. The summed E-state index contributed by atoms with van der Waals surface area (Å²) in [5.74, 6) is -7.72. The van der Waals surface area contributed by atoms with Crippen molar-refractivity contribution in [2.24, 2.45) is 11.8 Å². The van der Waals surface area contributed by atoms with E-state index in [1.54, 1.807) is 0 Å². The summed E-state index contributed by atoms with van der Waals surface area (Å²) in [5, 5.41) is 0. The van der Waals surface area contributed by atoms with Crippen LogP contribution in [0.2, 0.25) is 0 Å². The number of hydrogen-bond donors (Lipinski definition) is 0. The van der Waals surface area contributed by atoms with Crippen molar-refractivity contribution in [1.29, 1.82) is 0 Å². The van der Waals surface area contributed by atoms with Gasteiger partial charge in [0.05, 0.1) is 0 Å². The van der Waals surface area contributed by atoms with Gasteiger partial charge in [0.25, 0.3) is 5.92 Å². The van der Waals surface area contributed by atoms with Gasteiger partial charge in [-0.05, 0) is 49.3 Å². The molecule has 0 N–H and O–H groups in total. The van der Waals surface area contributed by atoms with Crippen molar-refractivity contribution in [1.82, 2.24) is 0 Å². The molecule has 1 aliphatic carbocycles. The highest BCUT2D eigenvalue weighted by Crippen LogP contribution is 2.42. The minimum Gasteiger partial charge on any atom is -0.206 e. The number of unbranched alkanes of at least 4 members (excludes halogenated alkanes) is 2. The zero-order valence-corrected chi connectivity index (χ0v) is 14.1. The largest absolute Gasteiger partial charge is 0.254 e. The fourth-order valence-corrected chi connectivity index (χ4v) is 3.68. The Balaban J connectivity index is 1.92. The van der Waals surface area contributed by atoms with E-state index in [2.05, 4.69) is 6.92 Å². The SMILES string of the molecule is CCCCCC1CCC(C(F)(F)Cc2cc(F)c(F)c(F)c2)CC1. The maximum atomic E-state index is 14.5. The van der Waals surface area contributed by atoms with Gasteiger partial charge in [0.1, 0.15) is 0 Å². The van der Waals surface area contributed by atoms with Crippen LogP contribution in [0.15, 0.2) is 12.1 Å². The second-order valence-electron chi connectivity index (χ2n) is 7.02. The molecule has 0 nitrogen and oxygen atoms in total. The lowest BCUT2D eigenvalue weighted by atomic mass is 9.76. The van der Waals surface area contributed by atoms with E-state index < -0.39 is 35.7 Å². The lowest BCUT2D eigenvalue weighted by molar-refractivity contribution is -0.0747. The molecule has 0 bridgehead atoms. The first kappa shape index (κ1) is 19.2. The third-order valence-corrected chi connectivity index (χ3v) is 5.14. The van der Waals surface area contributed by atoms with E-state index in [1.165, 1.54) is 6.42 Å². The van der Waals surface area contributed by atoms with Crippen LogP contribution in [0, 0.1) is 29.3 Å². The maximum absolute atomic E-state index is 14.5. The van der Waals surface area contributed by atoms with Gasteiger partial charge in [-0.3, -0.25) is 0 Å². The molecule has 1 aliphatic rings. The minimum absolute atomic E-state index is 0.193. The van der Waals surface area contributed by atoms with Gasteiger partial charge in [-0.15, -0.1) is 0 Å². The first-order valence-electron chi connectivity index (χ1n) is 8.84. The van der Waals surface area contributed by atoms with Crippen molar-refractivity contribution in [3.63, 3.8) is 0 Å². The Morgan fingerprint density at radius 3 is 2.08 bits per heavy atom. The molecule has 0 aliphatic heterocycles. The Morgan fingerprint density at radius 2 is 1.54 bits per heavy atom. The van der Waals surface area contributed by atoms with Crippen molar-refractivity contribution in [3.05, 3.63) is 35.1 Å². The second kappa shape index (κ2) is 8.30. The lowest BCUT2D eigenvalue weighted by Gasteiger charge is -2.34. The first-order chi connectivity index (χ1) is 11.3. The molecule has 0 heterocycles. The standard InChI is InChI=1S/C19H25F5/c1-2-3-4-5-13-6-8-15(9-7-13)19(23,24)12-14-10-16(20)18(22)17(21)11-14/h10-11,13,15H,2-9,12H2,1H3. The lowest BCUT2D eigenvalue weighted by Crippen LogP contribution is -2.34. The van der Waals surface area contributed by atoms with Crippen LogP contribution in [-0.2, 0) is 6.42 Å². The van der Waals surface area contributed by atoms with E-state index in [4.69, 9.17) is 0 Å². The minimum atomic E-state index is -3.02. The van der Waals surface area contributed by atoms with Crippen molar-refractivity contribution in [3.8, 4) is 0 Å². The first-order valence-corrected chi connectivity index (χ1v) is 8.84. The van der Waals surface area contributed by atoms with Crippen molar-refractivity contribution < 1.29 is 22.0 Å². The fourth-order valence-electron chi connectivity index (χ4n) is 3.68. The van der Waals surface area contributed by atoms with E-state index in [-0.39, 0.29) is 5.56 Å². The molecule has 0 aromatic heterocycles. The van der Waals surface area contributed by atoms with Gasteiger partial charge in [0.2, 0.25) is 0 Å². The van der Waals surface area contributed by atoms with Crippen LogP contribution < -0.4 is 0 Å². The zero-order valence-electron chi connectivity index (χ0n) is 14.1. The van der Waals surface area contributed by atoms with E-state index >= 15 is 0 Å². The predicted molar refractivity (Wildman–Crippen MR) is 84.6 cm³/mol. The summed E-state index contributed by atoms with van der Waals surface area (Å²) in [6.45, 7) is 2.14. The van der Waals surface area contributed by atoms with Crippen LogP contribution in [0.1, 0.15) is 63.9 Å². The summed E-state index contributed by atoms with van der Waals surface area (Å²) >= 11 is 0. The zero-order chi connectivity index (χ0) is 17.7. The van der Waals surface area contributed by atoms with E-state index in [0.717, 1.165) is 32.1 Å². The Bertz CT molecular complexity index is 510. The van der Waals surface area contributed by atoms with Crippen LogP contribution in [0.25, 0.3) is 0 Å². The Labute approximate surface area is 140 Å². The molecule has 1 aromatic carbocycles. The summed E-state index contributed by atoms with van der Waals surface area (Å²) in [6, 6.07) is 1.34. The highest BCUT2D eigenvalue weighted by molar-refractivity contribution is 5.21.